The van der Waals surface area contributed by atoms with Crippen LogP contribution in [0.3, 0.4) is 0 Å². The summed E-state index contributed by atoms with van der Waals surface area (Å²) >= 11 is 0. The predicted molar refractivity (Wildman–Crippen MR) is 249 cm³/mol. The van der Waals surface area contributed by atoms with Crippen molar-refractivity contribution in [2.45, 2.75) is 137 Å². The first-order chi connectivity index (χ1) is 31.0. The Kier molecular flexibility index (Phi) is 11.6. The predicted octanol–water partition coefficient (Wildman–Crippen LogP) is 7.46. The zero-order valence-corrected chi connectivity index (χ0v) is 40.0. The third-order valence-electron chi connectivity index (χ3n) is 15.7. The lowest BCUT2D eigenvalue weighted by molar-refractivity contribution is -0.438. The highest BCUT2D eigenvalue weighted by atomic mass is 32.2. The Morgan fingerprint density at radius 2 is 1.58 bits per heavy atom. The minimum Gasteiger partial charge on any atom is -0.351 e. The van der Waals surface area contributed by atoms with Gasteiger partial charge in [0.05, 0.1) is 21.8 Å². The van der Waals surface area contributed by atoms with Crippen molar-refractivity contribution in [2.24, 2.45) is 11.8 Å². The number of hydrogen-bond donors (Lipinski definition) is 4. The molecule has 16 heteroatoms. The first-order valence-electron chi connectivity index (χ1n) is 23.2. The molecule has 7 aliphatic rings. The molecule has 10 rings (SSSR count). The molecule has 3 aliphatic heterocycles. The topological polar surface area (TPSA) is 176 Å². The number of halogens is 1. The largest absolute Gasteiger partial charge is 0.351 e. The molecule has 4 atom stereocenters. The molecule has 4 bridgehead atoms. The number of benzene rings is 3. The molecule has 352 valence electrons. The molecule has 4 N–H and O–H groups in total. The second-order valence-corrected chi connectivity index (χ2v) is 23.5. The number of allylic oxidation sites excluding steroid dienone is 4. The molecule has 0 spiro atoms. The van der Waals surface area contributed by atoms with Gasteiger partial charge in [-0.25, -0.2) is 4.39 Å². The van der Waals surface area contributed by atoms with E-state index in [4.69, 9.17) is 0 Å². The Bertz CT molecular complexity index is 2860. The number of fused-ring (bicyclic) bond motifs is 3. The van der Waals surface area contributed by atoms with Crippen molar-refractivity contribution in [1.29, 1.82) is 0 Å². The first-order valence-corrected chi connectivity index (χ1v) is 26.1. The average Bonchev–Trinajstić information content (AvgIpc) is 3.95. The molecular weight excluding hydrogens is 882 g/mol. The van der Waals surface area contributed by atoms with Gasteiger partial charge in [0.25, 0.3) is 20.2 Å². The molecule has 0 saturated heterocycles. The van der Waals surface area contributed by atoms with Gasteiger partial charge in [-0.15, -0.1) is 0 Å². The van der Waals surface area contributed by atoms with E-state index in [9.17, 15) is 39.9 Å². The second kappa shape index (κ2) is 16.5. The molecule has 13 nitrogen and oxygen atoms in total. The number of rotatable bonds is 15. The van der Waals surface area contributed by atoms with Crippen LogP contribution in [-0.4, -0.2) is 83.7 Å². The molecular formula is C50H61FN5O8S2+. The fraction of sp³-hybridized carbons (Fsp3) is 0.500. The van der Waals surface area contributed by atoms with Gasteiger partial charge in [-0.3, -0.25) is 18.7 Å². The van der Waals surface area contributed by atoms with E-state index in [1.165, 1.54) is 30.3 Å². The average molecular weight is 943 g/mol. The van der Waals surface area contributed by atoms with Gasteiger partial charge in [0, 0.05) is 78.1 Å². The Morgan fingerprint density at radius 1 is 0.864 bits per heavy atom. The van der Waals surface area contributed by atoms with Crippen LogP contribution in [0, 0.1) is 17.7 Å². The van der Waals surface area contributed by atoms with Crippen molar-refractivity contribution < 1.29 is 44.5 Å². The smallest absolute Gasteiger partial charge is 0.294 e. The Hall–Kier alpha value is -4.74. The summed E-state index contributed by atoms with van der Waals surface area (Å²) < 4.78 is 84.3. The summed E-state index contributed by atoms with van der Waals surface area (Å²) in [4.78, 5) is 30.5. The SMILES string of the molecule is CCN1/C(=C/C=C/C2=[N+](CCCCCC(=O)NC34CC5CC(C3)C(NCC(=O)N3Cc6ccc(F)cc6C3)(C5)C4)c3ccc(S(=O)(=O)O)cc3C2(C)C)C(C)(C)c2cc(S(=O)(=O)O)ccc21. The van der Waals surface area contributed by atoms with E-state index in [-0.39, 0.29) is 45.0 Å². The number of nitrogens with one attached hydrogen (secondary N) is 2. The van der Waals surface area contributed by atoms with Gasteiger partial charge >= 0.3 is 0 Å². The van der Waals surface area contributed by atoms with Crippen LogP contribution in [0.5, 0.6) is 0 Å². The van der Waals surface area contributed by atoms with Gasteiger partial charge in [-0.1, -0.05) is 26.0 Å². The molecule has 4 fully saturated rings. The summed E-state index contributed by atoms with van der Waals surface area (Å²) in [6, 6.07) is 14.1. The van der Waals surface area contributed by atoms with Crippen molar-refractivity contribution in [1.82, 2.24) is 15.5 Å². The first kappa shape index (κ1) is 46.4. The molecule has 66 heavy (non-hydrogen) atoms. The third kappa shape index (κ3) is 8.24. The minimum atomic E-state index is -4.45. The third-order valence-corrected chi connectivity index (χ3v) is 17.4. The molecule has 4 saturated carbocycles. The van der Waals surface area contributed by atoms with Crippen LogP contribution in [0.2, 0.25) is 0 Å². The highest BCUT2D eigenvalue weighted by Crippen LogP contribution is 2.62. The van der Waals surface area contributed by atoms with Crippen LogP contribution < -0.4 is 15.5 Å². The number of unbranched alkanes of at least 4 members (excludes halogenated alkanes) is 2. The normalized spacial score (nSPS) is 26.2. The lowest BCUT2D eigenvalue weighted by Gasteiger charge is -2.42. The van der Waals surface area contributed by atoms with Crippen molar-refractivity contribution in [3.8, 4) is 0 Å². The van der Waals surface area contributed by atoms with E-state index < -0.39 is 31.1 Å². The molecule has 2 amide bonds. The fourth-order valence-electron chi connectivity index (χ4n) is 12.8. The highest BCUT2D eigenvalue weighted by Gasteiger charge is 2.64. The van der Waals surface area contributed by atoms with Crippen LogP contribution in [0.25, 0.3) is 0 Å². The van der Waals surface area contributed by atoms with Crippen molar-refractivity contribution in [3.05, 3.63) is 107 Å². The molecule has 3 heterocycles. The summed E-state index contributed by atoms with van der Waals surface area (Å²) in [5.41, 5.74) is 5.30. The number of carbonyl (C=O) groups is 2. The van der Waals surface area contributed by atoms with Gasteiger partial charge in [0.15, 0.2) is 5.71 Å². The van der Waals surface area contributed by atoms with Crippen molar-refractivity contribution in [2.75, 3.05) is 24.5 Å². The van der Waals surface area contributed by atoms with E-state index in [1.807, 2.05) is 52.8 Å². The van der Waals surface area contributed by atoms with Gasteiger partial charge in [-0.05, 0) is 143 Å². The van der Waals surface area contributed by atoms with Gasteiger partial charge in [0.1, 0.15) is 12.4 Å². The summed E-state index contributed by atoms with van der Waals surface area (Å²) in [5.74, 6) is 0.674. The Labute approximate surface area is 387 Å². The number of nitrogens with zero attached hydrogens (tertiary/aromatic N) is 3. The second-order valence-electron chi connectivity index (χ2n) is 20.6. The minimum absolute atomic E-state index is 0.0103. The van der Waals surface area contributed by atoms with Crippen LogP contribution in [0.15, 0.2) is 88.3 Å². The maximum Gasteiger partial charge on any atom is 0.294 e. The van der Waals surface area contributed by atoms with E-state index in [2.05, 4.69) is 20.1 Å². The van der Waals surface area contributed by atoms with E-state index in [0.29, 0.717) is 50.9 Å². The van der Waals surface area contributed by atoms with Crippen molar-refractivity contribution >= 4 is 49.1 Å². The zero-order valence-electron chi connectivity index (χ0n) is 38.4. The number of anilines is 1. The molecule has 0 aromatic heterocycles. The van der Waals surface area contributed by atoms with Crippen LogP contribution in [0.4, 0.5) is 15.8 Å². The monoisotopic (exact) mass is 942 g/mol. The van der Waals surface area contributed by atoms with Gasteiger partial charge in [0.2, 0.25) is 17.5 Å². The Balaban J connectivity index is 0.851. The summed E-state index contributed by atoms with van der Waals surface area (Å²) in [7, 11) is -8.84. The number of carbonyl (C=O) groups excluding carboxylic acids is 2. The van der Waals surface area contributed by atoms with E-state index in [0.717, 1.165) is 90.0 Å². The lowest BCUT2D eigenvalue weighted by Crippen LogP contribution is -2.56. The maximum atomic E-state index is 13.8. The maximum absolute atomic E-state index is 13.8. The standard InChI is InChI=1S/C50H60FN5O8S2/c1-6-55-41-18-16-37(65(59,60)61)23-39(41)47(2,3)43(55)11-10-12-44-48(4,5)40-24-38(66(62,63)64)17-19-42(40)56(44)20-9-7-8-13-45(57)53-49-25-32-21-35(27-49)50(26-32,31-49)52-28-46(58)54-29-33-14-15-36(51)22-34(33)30-54/h10-12,14-19,22-24,32,35,52H,6-9,13,20-21,25-31H2,1-5H3,(H2-,53,57,59,60,61,62,63,64)/p+1. The van der Waals surface area contributed by atoms with Crippen LogP contribution >= 0.6 is 0 Å². The molecule has 3 aromatic carbocycles. The Morgan fingerprint density at radius 3 is 2.30 bits per heavy atom. The van der Waals surface area contributed by atoms with Crippen LogP contribution in [-0.2, 0) is 53.7 Å². The lowest BCUT2D eigenvalue weighted by atomic mass is 9.74. The van der Waals surface area contributed by atoms with E-state index >= 15 is 0 Å². The van der Waals surface area contributed by atoms with Gasteiger partial charge < -0.3 is 20.4 Å². The van der Waals surface area contributed by atoms with Gasteiger partial charge in [-0.2, -0.15) is 21.4 Å². The van der Waals surface area contributed by atoms with E-state index in [1.54, 1.807) is 29.2 Å². The number of likely N-dealkylation sites (N-methyl/N-ethyl adjacent to an activating group) is 1. The highest BCUT2D eigenvalue weighted by molar-refractivity contribution is 7.86. The van der Waals surface area contributed by atoms with Crippen LogP contribution in [0.1, 0.15) is 115 Å². The molecule has 4 unspecified atom stereocenters. The summed E-state index contributed by atoms with van der Waals surface area (Å²) in [5, 5.41) is 7.16. The quantitative estimate of drug-likeness (QED) is 0.0680. The summed E-state index contributed by atoms with van der Waals surface area (Å²) in [6.45, 7) is 12.5. The molecule has 3 aromatic rings. The number of amides is 2. The molecule has 4 aliphatic carbocycles. The van der Waals surface area contributed by atoms with Crippen molar-refractivity contribution in [3.63, 3.8) is 0 Å². The fourth-order valence-corrected chi connectivity index (χ4v) is 13.8. The molecule has 0 radical (unpaired) electrons. The zero-order chi connectivity index (χ0) is 47.2. The summed E-state index contributed by atoms with van der Waals surface area (Å²) in [6.07, 6.45) is 13.4. The number of hydrogen-bond acceptors (Lipinski definition) is 8.